The minimum Gasteiger partial charge on any atom is -0.325 e. The van der Waals surface area contributed by atoms with E-state index in [-0.39, 0.29) is 5.56 Å². The molecule has 28 heavy (non-hydrogen) atoms. The maximum absolute atomic E-state index is 12.8. The molecule has 0 aliphatic rings. The molecular weight excluding hydrogens is 352 g/mol. The highest BCUT2D eigenvalue weighted by Gasteiger charge is 2.12. The Balaban J connectivity index is 1.84. The van der Waals surface area contributed by atoms with Crippen LogP contribution >= 0.6 is 0 Å². The van der Waals surface area contributed by atoms with Crippen LogP contribution in [0.1, 0.15) is 11.1 Å². The second kappa shape index (κ2) is 7.11. The summed E-state index contributed by atoms with van der Waals surface area (Å²) in [6.07, 6.45) is 5.20. The quantitative estimate of drug-likeness (QED) is 0.566. The van der Waals surface area contributed by atoms with Gasteiger partial charge in [-0.2, -0.15) is 0 Å². The van der Waals surface area contributed by atoms with Crippen molar-refractivity contribution in [2.24, 2.45) is 7.05 Å². The van der Waals surface area contributed by atoms with E-state index in [1.807, 2.05) is 50.2 Å². The third kappa shape index (κ3) is 3.55. The predicted octanol–water partition coefficient (Wildman–Crippen LogP) is 3.83. The van der Waals surface area contributed by atoms with Crippen molar-refractivity contribution in [1.82, 2.24) is 19.5 Å². The molecule has 7 nitrogen and oxygen atoms in total. The van der Waals surface area contributed by atoms with Gasteiger partial charge in [0.2, 0.25) is 0 Å². The van der Waals surface area contributed by atoms with Gasteiger partial charge < -0.3 is 15.2 Å². The van der Waals surface area contributed by atoms with Gasteiger partial charge in [0.1, 0.15) is 23.3 Å². The smallest absolute Gasteiger partial charge is 0.261 e. The van der Waals surface area contributed by atoms with Crippen LogP contribution in [0, 0.1) is 13.8 Å². The predicted molar refractivity (Wildman–Crippen MR) is 111 cm³/mol. The normalized spacial score (nSPS) is 10.8. The number of aryl methyl sites for hydroxylation is 3. The summed E-state index contributed by atoms with van der Waals surface area (Å²) in [6, 6.07) is 11.4. The largest absolute Gasteiger partial charge is 0.325 e. The SMILES string of the molecule is Cc1ccnc(Nc2cc3ccn(C)c(=O)c3c(Nc3cc(C)ccn3)n2)c1. The van der Waals surface area contributed by atoms with Crippen molar-refractivity contribution in [2.45, 2.75) is 13.8 Å². The van der Waals surface area contributed by atoms with Gasteiger partial charge in [-0.05, 0) is 66.8 Å². The molecule has 0 aliphatic heterocycles. The molecule has 4 rings (SSSR count). The van der Waals surface area contributed by atoms with Gasteiger partial charge in [-0.15, -0.1) is 0 Å². The molecule has 0 saturated carbocycles. The van der Waals surface area contributed by atoms with Gasteiger partial charge in [-0.1, -0.05) is 0 Å². The zero-order chi connectivity index (χ0) is 19.7. The maximum atomic E-state index is 12.8. The second-order valence-corrected chi connectivity index (χ2v) is 6.74. The molecule has 7 heteroatoms. The summed E-state index contributed by atoms with van der Waals surface area (Å²) in [7, 11) is 1.72. The summed E-state index contributed by atoms with van der Waals surface area (Å²) >= 11 is 0. The lowest BCUT2D eigenvalue weighted by molar-refractivity contribution is 0.873. The van der Waals surface area contributed by atoms with Crippen LogP contribution in [0.25, 0.3) is 10.8 Å². The molecule has 0 saturated heterocycles. The van der Waals surface area contributed by atoms with Crippen molar-refractivity contribution >= 4 is 34.0 Å². The molecular formula is C21H20N6O. The fraction of sp³-hybridized carbons (Fsp3) is 0.143. The summed E-state index contributed by atoms with van der Waals surface area (Å²) in [6.45, 7) is 3.99. The van der Waals surface area contributed by atoms with E-state index in [1.165, 1.54) is 4.57 Å². The van der Waals surface area contributed by atoms with E-state index in [0.29, 0.717) is 28.7 Å². The summed E-state index contributed by atoms with van der Waals surface area (Å²) in [5.41, 5.74) is 2.03. The van der Waals surface area contributed by atoms with Gasteiger partial charge in [0.25, 0.3) is 5.56 Å². The molecule has 0 atom stereocenters. The number of hydrogen-bond donors (Lipinski definition) is 2. The Morgan fingerprint density at radius 1 is 0.857 bits per heavy atom. The van der Waals surface area contributed by atoms with Gasteiger partial charge in [0.15, 0.2) is 0 Å². The minimum atomic E-state index is -0.125. The summed E-state index contributed by atoms with van der Waals surface area (Å²) in [5.74, 6) is 2.36. The number of rotatable bonds is 4. The molecule has 0 spiro atoms. The Morgan fingerprint density at radius 2 is 1.50 bits per heavy atom. The highest BCUT2D eigenvalue weighted by atomic mass is 16.1. The Morgan fingerprint density at radius 3 is 2.14 bits per heavy atom. The zero-order valence-corrected chi connectivity index (χ0v) is 15.9. The number of aromatic nitrogens is 4. The summed E-state index contributed by atoms with van der Waals surface area (Å²) in [4.78, 5) is 26.0. The average molecular weight is 372 g/mol. The number of anilines is 4. The third-order valence-corrected chi connectivity index (χ3v) is 4.40. The van der Waals surface area contributed by atoms with E-state index in [1.54, 1.807) is 25.6 Å². The fourth-order valence-electron chi connectivity index (χ4n) is 2.97. The second-order valence-electron chi connectivity index (χ2n) is 6.74. The minimum absolute atomic E-state index is 0.125. The first-order valence-corrected chi connectivity index (χ1v) is 8.89. The molecule has 4 aromatic rings. The van der Waals surface area contributed by atoms with Gasteiger partial charge >= 0.3 is 0 Å². The molecule has 0 amide bonds. The third-order valence-electron chi connectivity index (χ3n) is 4.40. The van der Waals surface area contributed by atoms with E-state index >= 15 is 0 Å². The zero-order valence-electron chi connectivity index (χ0n) is 15.9. The fourth-order valence-corrected chi connectivity index (χ4v) is 2.97. The molecule has 4 aromatic heterocycles. The van der Waals surface area contributed by atoms with E-state index in [2.05, 4.69) is 25.6 Å². The highest BCUT2D eigenvalue weighted by Crippen LogP contribution is 2.26. The summed E-state index contributed by atoms with van der Waals surface area (Å²) < 4.78 is 1.54. The van der Waals surface area contributed by atoms with Crippen molar-refractivity contribution in [1.29, 1.82) is 0 Å². The van der Waals surface area contributed by atoms with Crippen LogP contribution in [-0.2, 0) is 7.05 Å². The van der Waals surface area contributed by atoms with Crippen LogP contribution in [0.3, 0.4) is 0 Å². The first-order chi connectivity index (χ1) is 13.5. The van der Waals surface area contributed by atoms with E-state index in [9.17, 15) is 4.79 Å². The number of nitrogens with zero attached hydrogens (tertiary/aromatic N) is 4. The Kier molecular flexibility index (Phi) is 4.49. The molecule has 2 N–H and O–H groups in total. The van der Waals surface area contributed by atoms with Crippen molar-refractivity contribution in [3.8, 4) is 0 Å². The molecule has 0 unspecified atom stereocenters. The lowest BCUT2D eigenvalue weighted by Gasteiger charge is -2.13. The monoisotopic (exact) mass is 372 g/mol. The van der Waals surface area contributed by atoms with Crippen LogP contribution < -0.4 is 16.2 Å². The Hall–Kier alpha value is -3.74. The van der Waals surface area contributed by atoms with Crippen molar-refractivity contribution in [3.05, 3.63) is 76.5 Å². The van der Waals surface area contributed by atoms with Crippen molar-refractivity contribution in [3.63, 3.8) is 0 Å². The lowest BCUT2D eigenvalue weighted by Crippen LogP contribution is -2.17. The van der Waals surface area contributed by atoms with Crippen LogP contribution in [-0.4, -0.2) is 19.5 Å². The number of hydrogen-bond acceptors (Lipinski definition) is 6. The van der Waals surface area contributed by atoms with E-state index < -0.39 is 0 Å². The van der Waals surface area contributed by atoms with E-state index in [4.69, 9.17) is 0 Å². The van der Waals surface area contributed by atoms with Crippen molar-refractivity contribution in [2.75, 3.05) is 10.6 Å². The lowest BCUT2D eigenvalue weighted by atomic mass is 10.2. The summed E-state index contributed by atoms with van der Waals surface area (Å²) in [5, 5.41) is 7.71. The average Bonchev–Trinajstić information content (AvgIpc) is 2.65. The number of pyridine rings is 4. The molecule has 140 valence electrons. The van der Waals surface area contributed by atoms with Crippen LogP contribution in [0.4, 0.5) is 23.3 Å². The van der Waals surface area contributed by atoms with Gasteiger partial charge in [-0.25, -0.2) is 15.0 Å². The topological polar surface area (TPSA) is 84.7 Å². The molecule has 4 heterocycles. The first-order valence-electron chi connectivity index (χ1n) is 8.89. The number of nitrogens with one attached hydrogen (secondary N) is 2. The molecule has 0 aromatic carbocycles. The molecule has 0 aliphatic carbocycles. The first kappa shape index (κ1) is 17.7. The van der Waals surface area contributed by atoms with Gasteiger partial charge in [-0.3, -0.25) is 4.79 Å². The maximum Gasteiger partial charge on any atom is 0.261 e. The Labute approximate surface area is 162 Å². The van der Waals surface area contributed by atoms with Crippen LogP contribution in [0.15, 0.2) is 59.8 Å². The van der Waals surface area contributed by atoms with Gasteiger partial charge in [0, 0.05) is 25.6 Å². The molecule has 0 bridgehead atoms. The number of fused-ring (bicyclic) bond motifs is 1. The van der Waals surface area contributed by atoms with Crippen LogP contribution in [0.2, 0.25) is 0 Å². The highest BCUT2D eigenvalue weighted by molar-refractivity contribution is 5.94. The standard InChI is InChI=1S/C21H20N6O/c1-13-4-7-22-16(10-13)24-18-12-15-6-9-27(3)21(28)19(15)20(26-18)25-17-11-14(2)5-8-23-17/h4-12H,1-3H3,(H2,22,23,24,25,26). The molecule has 0 radical (unpaired) electrons. The van der Waals surface area contributed by atoms with E-state index in [0.717, 1.165) is 16.5 Å². The van der Waals surface area contributed by atoms with Crippen LogP contribution in [0.5, 0.6) is 0 Å². The molecule has 0 fully saturated rings. The Bertz CT molecular complexity index is 1230. The van der Waals surface area contributed by atoms with Crippen molar-refractivity contribution < 1.29 is 0 Å². The van der Waals surface area contributed by atoms with Gasteiger partial charge in [0.05, 0.1) is 5.39 Å².